The van der Waals surface area contributed by atoms with Crippen LogP contribution in [0.5, 0.6) is 5.75 Å². The Morgan fingerprint density at radius 2 is 1.93 bits per heavy atom. The molecule has 1 aromatic rings. The van der Waals surface area contributed by atoms with Crippen LogP contribution in [0.15, 0.2) is 30.3 Å². The number of rotatable bonds is 6. The summed E-state index contributed by atoms with van der Waals surface area (Å²) < 4.78 is 10.3. The summed E-state index contributed by atoms with van der Waals surface area (Å²) in [5.74, 6) is 0.0207. The van der Waals surface area contributed by atoms with Gasteiger partial charge in [-0.25, -0.2) is 9.59 Å². The molecule has 8 nitrogen and oxygen atoms in total. The molecule has 1 aliphatic carbocycles. The third kappa shape index (κ3) is 5.08. The Kier molecular flexibility index (Phi) is 6.58. The minimum absolute atomic E-state index is 0.0750. The number of carboxylic acids is 1. The first-order valence-electron chi connectivity index (χ1n) is 8.12. The van der Waals surface area contributed by atoms with Gasteiger partial charge in [-0.15, -0.1) is 6.42 Å². The van der Waals surface area contributed by atoms with Gasteiger partial charge in [0.25, 0.3) is 0 Å². The van der Waals surface area contributed by atoms with Crippen molar-refractivity contribution in [3.8, 4) is 18.1 Å². The minimum Gasteiger partial charge on any atom is -0.508 e. The molecule has 144 valence electrons. The highest BCUT2D eigenvalue weighted by Crippen LogP contribution is 2.34. The summed E-state index contributed by atoms with van der Waals surface area (Å²) in [6.45, 7) is -0.309. The molecule has 1 aromatic carbocycles. The first kappa shape index (κ1) is 20.5. The van der Waals surface area contributed by atoms with Gasteiger partial charge in [-0.05, 0) is 23.8 Å². The fraction of sp³-hybridized carbons (Fsp3) is 0.368. The smallest absolute Gasteiger partial charge is 0.336 e. The zero-order valence-corrected chi connectivity index (χ0v) is 14.3. The van der Waals surface area contributed by atoms with Crippen LogP contribution >= 0.6 is 0 Å². The first-order valence-corrected chi connectivity index (χ1v) is 8.12. The molecule has 0 saturated heterocycles. The number of aliphatic hydroxyl groups excluding tert-OH is 2. The molecule has 0 amide bonds. The third-order valence-electron chi connectivity index (χ3n) is 4.24. The van der Waals surface area contributed by atoms with Gasteiger partial charge in [0, 0.05) is 18.9 Å². The highest BCUT2D eigenvalue weighted by molar-refractivity contribution is 5.87. The van der Waals surface area contributed by atoms with Gasteiger partial charge in [-0.3, -0.25) is 0 Å². The van der Waals surface area contributed by atoms with E-state index in [2.05, 4.69) is 5.92 Å². The summed E-state index contributed by atoms with van der Waals surface area (Å²) in [7, 11) is 0. The Hall–Kier alpha value is -2.86. The van der Waals surface area contributed by atoms with Crippen LogP contribution in [0.2, 0.25) is 0 Å². The average molecular weight is 376 g/mol. The number of terminal acetylenes is 1. The van der Waals surface area contributed by atoms with Gasteiger partial charge in [-0.2, -0.15) is 0 Å². The summed E-state index contributed by atoms with van der Waals surface area (Å²) in [4.78, 5) is 23.7. The molecule has 2 rings (SSSR count). The van der Waals surface area contributed by atoms with E-state index in [1.807, 2.05) is 0 Å². The highest BCUT2D eigenvalue weighted by atomic mass is 16.6. The Morgan fingerprint density at radius 1 is 1.26 bits per heavy atom. The van der Waals surface area contributed by atoms with Crippen LogP contribution in [0.1, 0.15) is 18.4 Å². The lowest BCUT2D eigenvalue weighted by Gasteiger charge is -2.41. The van der Waals surface area contributed by atoms with Gasteiger partial charge in [-0.1, -0.05) is 18.1 Å². The molecular formula is C19H20O8. The normalized spacial score (nSPS) is 27.8. The van der Waals surface area contributed by atoms with Crippen molar-refractivity contribution in [1.82, 2.24) is 0 Å². The standard InChI is InChI=1S/C19H20O8/c1-2-9-26-19(18(24)25)10-14(21)17(23)15(11-19)27-16(22)8-5-12-3-6-13(20)7-4-12/h1,3-8,14-15,17,20-21,23H,9-11H2,(H,24,25)/b8-5+/t14-,15+,17+,19-/m0/s1. The van der Waals surface area contributed by atoms with Crippen LogP contribution in [-0.2, 0) is 19.1 Å². The predicted octanol–water partition coefficient (Wildman–Crippen LogP) is 0.306. The van der Waals surface area contributed by atoms with Gasteiger partial charge in [0.05, 0.1) is 6.10 Å². The quantitative estimate of drug-likeness (QED) is 0.317. The highest BCUT2D eigenvalue weighted by Gasteiger charge is 2.52. The fourth-order valence-electron chi connectivity index (χ4n) is 2.82. The molecule has 1 fully saturated rings. The predicted molar refractivity (Wildman–Crippen MR) is 93.4 cm³/mol. The Balaban J connectivity index is 2.10. The number of carboxylic acid groups (broad SMARTS) is 1. The van der Waals surface area contributed by atoms with Crippen molar-refractivity contribution >= 4 is 18.0 Å². The van der Waals surface area contributed by atoms with Crippen LogP contribution in [0.3, 0.4) is 0 Å². The second-order valence-electron chi connectivity index (χ2n) is 6.16. The molecule has 1 saturated carbocycles. The molecule has 0 bridgehead atoms. The van der Waals surface area contributed by atoms with Gasteiger partial charge in [0.2, 0.25) is 0 Å². The van der Waals surface area contributed by atoms with Crippen LogP contribution in [0.25, 0.3) is 6.08 Å². The maximum Gasteiger partial charge on any atom is 0.336 e. The lowest BCUT2D eigenvalue weighted by atomic mass is 9.79. The number of carbonyl (C=O) groups excluding carboxylic acids is 1. The number of aliphatic carboxylic acids is 1. The van der Waals surface area contributed by atoms with Gasteiger partial charge < -0.3 is 29.9 Å². The number of ether oxygens (including phenoxy) is 2. The Morgan fingerprint density at radius 3 is 2.52 bits per heavy atom. The van der Waals surface area contributed by atoms with E-state index in [9.17, 15) is 30.0 Å². The zero-order valence-electron chi connectivity index (χ0n) is 14.3. The summed E-state index contributed by atoms with van der Waals surface area (Å²) in [5, 5.41) is 38.8. The average Bonchev–Trinajstić information content (AvgIpc) is 2.63. The van der Waals surface area contributed by atoms with Gasteiger partial charge in [0.15, 0.2) is 5.60 Å². The number of esters is 1. The van der Waals surface area contributed by atoms with Crippen LogP contribution in [0.4, 0.5) is 0 Å². The Labute approximate surface area is 155 Å². The largest absolute Gasteiger partial charge is 0.508 e. The van der Waals surface area contributed by atoms with E-state index in [-0.39, 0.29) is 25.2 Å². The van der Waals surface area contributed by atoms with E-state index in [0.29, 0.717) is 5.56 Å². The minimum atomic E-state index is -1.86. The molecule has 1 aliphatic rings. The summed E-state index contributed by atoms with van der Waals surface area (Å²) in [6, 6.07) is 6.02. The molecular weight excluding hydrogens is 356 g/mol. The number of benzene rings is 1. The molecule has 8 heteroatoms. The molecule has 0 heterocycles. The lowest BCUT2D eigenvalue weighted by molar-refractivity contribution is -0.204. The van der Waals surface area contributed by atoms with E-state index in [1.54, 1.807) is 12.1 Å². The number of carbonyl (C=O) groups is 2. The van der Waals surface area contributed by atoms with Crippen LogP contribution in [0, 0.1) is 12.3 Å². The third-order valence-corrected chi connectivity index (χ3v) is 4.24. The van der Waals surface area contributed by atoms with E-state index in [1.165, 1.54) is 18.2 Å². The molecule has 0 aromatic heterocycles. The fourth-order valence-corrected chi connectivity index (χ4v) is 2.82. The topological polar surface area (TPSA) is 134 Å². The number of hydrogen-bond acceptors (Lipinski definition) is 7. The van der Waals surface area contributed by atoms with Crippen molar-refractivity contribution in [2.24, 2.45) is 0 Å². The number of aromatic hydroxyl groups is 1. The Bertz CT molecular complexity index is 748. The first-order chi connectivity index (χ1) is 12.8. The number of aliphatic hydroxyl groups is 2. The van der Waals surface area contributed by atoms with E-state index in [4.69, 9.17) is 15.9 Å². The monoisotopic (exact) mass is 376 g/mol. The summed E-state index contributed by atoms with van der Waals surface area (Å²) >= 11 is 0. The summed E-state index contributed by atoms with van der Waals surface area (Å²) in [5.41, 5.74) is -1.25. The van der Waals surface area contributed by atoms with Crippen molar-refractivity contribution in [2.75, 3.05) is 6.61 Å². The second kappa shape index (κ2) is 8.68. The molecule has 0 aliphatic heterocycles. The second-order valence-corrected chi connectivity index (χ2v) is 6.16. The van der Waals surface area contributed by atoms with Crippen molar-refractivity contribution in [3.63, 3.8) is 0 Å². The van der Waals surface area contributed by atoms with Crippen molar-refractivity contribution in [2.45, 2.75) is 36.8 Å². The molecule has 4 N–H and O–H groups in total. The van der Waals surface area contributed by atoms with Crippen molar-refractivity contribution in [1.29, 1.82) is 0 Å². The maximum atomic E-state index is 12.0. The molecule has 0 unspecified atom stereocenters. The number of phenolic OH excluding ortho intramolecular Hbond substituents is 1. The molecule has 0 spiro atoms. The van der Waals surface area contributed by atoms with Crippen LogP contribution in [-0.4, -0.2) is 62.9 Å². The number of hydrogen-bond donors (Lipinski definition) is 4. The maximum absolute atomic E-state index is 12.0. The van der Waals surface area contributed by atoms with E-state index in [0.717, 1.165) is 6.08 Å². The van der Waals surface area contributed by atoms with Crippen molar-refractivity contribution < 1.29 is 39.5 Å². The number of phenols is 1. The van der Waals surface area contributed by atoms with E-state index >= 15 is 0 Å². The van der Waals surface area contributed by atoms with Gasteiger partial charge >= 0.3 is 11.9 Å². The molecule has 0 radical (unpaired) electrons. The zero-order chi connectivity index (χ0) is 20.0. The molecule has 4 atom stereocenters. The van der Waals surface area contributed by atoms with Crippen LogP contribution < -0.4 is 0 Å². The SMILES string of the molecule is C#CCO[C@@]1(C(=O)O)C[C@H](O)[C@@H](O)[C@H](OC(=O)/C=C/c2ccc(O)cc2)C1. The van der Waals surface area contributed by atoms with Gasteiger partial charge in [0.1, 0.15) is 24.6 Å². The lowest BCUT2D eigenvalue weighted by Crippen LogP contribution is -2.58. The summed E-state index contributed by atoms with van der Waals surface area (Å²) in [6.07, 6.45) is 2.64. The van der Waals surface area contributed by atoms with Crippen molar-refractivity contribution in [3.05, 3.63) is 35.9 Å². The van der Waals surface area contributed by atoms with E-state index < -0.39 is 35.9 Å². The molecule has 27 heavy (non-hydrogen) atoms.